The Morgan fingerprint density at radius 2 is 1.71 bits per heavy atom. The SMILES string of the molecule is O=C(OCc1nnc(-c2ccco2)o1)c1ccc(OCc2ccccc2)cc1. The molecule has 0 aliphatic heterocycles. The van der Waals surface area contributed by atoms with Crippen LogP contribution in [0, 0.1) is 0 Å². The van der Waals surface area contributed by atoms with Gasteiger partial charge in [0.25, 0.3) is 11.8 Å². The van der Waals surface area contributed by atoms with Gasteiger partial charge in [0.05, 0.1) is 11.8 Å². The van der Waals surface area contributed by atoms with Gasteiger partial charge in [-0.1, -0.05) is 30.3 Å². The number of hydrogen-bond acceptors (Lipinski definition) is 7. The van der Waals surface area contributed by atoms with Gasteiger partial charge in [0.15, 0.2) is 12.4 Å². The molecule has 2 aromatic carbocycles. The maximum Gasteiger partial charge on any atom is 0.338 e. The van der Waals surface area contributed by atoms with Gasteiger partial charge in [-0.05, 0) is 42.0 Å². The van der Waals surface area contributed by atoms with Crippen LogP contribution in [0.3, 0.4) is 0 Å². The number of aromatic nitrogens is 2. The first-order valence-corrected chi connectivity index (χ1v) is 8.58. The molecule has 2 aromatic heterocycles. The minimum Gasteiger partial charge on any atom is -0.489 e. The molecule has 4 aromatic rings. The van der Waals surface area contributed by atoms with E-state index in [1.165, 1.54) is 6.26 Å². The Labute approximate surface area is 160 Å². The molecule has 0 N–H and O–H groups in total. The summed E-state index contributed by atoms with van der Waals surface area (Å²) in [5.41, 5.74) is 1.47. The molecule has 28 heavy (non-hydrogen) atoms. The summed E-state index contributed by atoms with van der Waals surface area (Å²) >= 11 is 0. The molecule has 140 valence electrons. The second kappa shape index (κ2) is 8.22. The van der Waals surface area contributed by atoms with E-state index in [2.05, 4.69) is 10.2 Å². The van der Waals surface area contributed by atoms with Gasteiger partial charge in [0.1, 0.15) is 12.4 Å². The molecule has 7 heteroatoms. The molecule has 0 bridgehead atoms. The van der Waals surface area contributed by atoms with E-state index in [1.54, 1.807) is 36.4 Å². The third-order valence-corrected chi connectivity index (χ3v) is 3.86. The molecule has 0 atom stereocenters. The first kappa shape index (κ1) is 17.5. The molecule has 0 aliphatic carbocycles. The smallest absolute Gasteiger partial charge is 0.338 e. The summed E-state index contributed by atoms with van der Waals surface area (Å²) in [6.07, 6.45) is 1.51. The summed E-state index contributed by atoms with van der Waals surface area (Å²) in [7, 11) is 0. The molecule has 0 spiro atoms. The number of furan rings is 1. The van der Waals surface area contributed by atoms with E-state index in [4.69, 9.17) is 18.3 Å². The van der Waals surface area contributed by atoms with Crippen LogP contribution in [0.5, 0.6) is 5.75 Å². The highest BCUT2D eigenvalue weighted by molar-refractivity contribution is 5.89. The lowest BCUT2D eigenvalue weighted by Gasteiger charge is -2.07. The first-order valence-electron chi connectivity index (χ1n) is 8.58. The summed E-state index contributed by atoms with van der Waals surface area (Å²) in [5, 5.41) is 7.68. The summed E-state index contributed by atoms with van der Waals surface area (Å²) in [6.45, 7) is 0.332. The highest BCUT2D eigenvalue weighted by Crippen LogP contribution is 2.19. The average Bonchev–Trinajstić information content (AvgIpc) is 3.43. The Hall–Kier alpha value is -3.87. The first-order chi connectivity index (χ1) is 13.8. The van der Waals surface area contributed by atoms with Gasteiger partial charge in [-0.25, -0.2) is 4.79 Å². The van der Waals surface area contributed by atoms with Gasteiger partial charge < -0.3 is 18.3 Å². The van der Waals surface area contributed by atoms with Crippen LogP contribution in [0.25, 0.3) is 11.7 Å². The van der Waals surface area contributed by atoms with E-state index in [0.29, 0.717) is 23.7 Å². The molecule has 0 saturated carbocycles. The van der Waals surface area contributed by atoms with Gasteiger partial charge in [0.2, 0.25) is 0 Å². The number of carbonyl (C=O) groups is 1. The third-order valence-electron chi connectivity index (χ3n) is 3.86. The fraction of sp³-hybridized carbons (Fsp3) is 0.0952. The second-order valence-corrected chi connectivity index (χ2v) is 5.85. The molecule has 0 saturated heterocycles. The number of ether oxygens (including phenoxy) is 2. The predicted octanol–water partition coefficient (Wildman–Crippen LogP) is 4.27. The summed E-state index contributed by atoms with van der Waals surface area (Å²) in [4.78, 5) is 12.2. The number of esters is 1. The Morgan fingerprint density at radius 3 is 2.46 bits per heavy atom. The molecule has 7 nitrogen and oxygen atoms in total. The Kier molecular flexibility index (Phi) is 5.15. The summed E-state index contributed by atoms with van der Waals surface area (Å²) in [6, 6.07) is 20.0. The lowest BCUT2D eigenvalue weighted by Crippen LogP contribution is -2.05. The van der Waals surface area contributed by atoms with Gasteiger partial charge in [0, 0.05) is 0 Å². The van der Waals surface area contributed by atoms with Crippen molar-refractivity contribution in [3.63, 3.8) is 0 Å². The van der Waals surface area contributed by atoms with Crippen molar-refractivity contribution in [3.05, 3.63) is 90.0 Å². The van der Waals surface area contributed by atoms with E-state index in [-0.39, 0.29) is 18.4 Å². The number of benzene rings is 2. The summed E-state index contributed by atoms with van der Waals surface area (Å²) < 4.78 is 21.5. The molecule has 0 aliphatic rings. The molecule has 0 unspecified atom stereocenters. The van der Waals surface area contributed by atoms with Crippen molar-refractivity contribution in [1.82, 2.24) is 10.2 Å². The van der Waals surface area contributed by atoms with Crippen molar-refractivity contribution in [2.45, 2.75) is 13.2 Å². The van der Waals surface area contributed by atoms with Crippen molar-refractivity contribution in [2.24, 2.45) is 0 Å². The second-order valence-electron chi connectivity index (χ2n) is 5.85. The zero-order valence-corrected chi connectivity index (χ0v) is 14.8. The van der Waals surface area contributed by atoms with Crippen LogP contribution >= 0.6 is 0 Å². The van der Waals surface area contributed by atoms with Crippen LogP contribution in [0.15, 0.2) is 81.8 Å². The van der Waals surface area contributed by atoms with Crippen LogP contribution in [0.2, 0.25) is 0 Å². The van der Waals surface area contributed by atoms with Gasteiger partial charge in [-0.3, -0.25) is 0 Å². The highest BCUT2D eigenvalue weighted by Gasteiger charge is 2.13. The van der Waals surface area contributed by atoms with Crippen LogP contribution in [-0.2, 0) is 18.0 Å². The third kappa shape index (κ3) is 4.27. The van der Waals surface area contributed by atoms with Crippen molar-refractivity contribution in [2.75, 3.05) is 0 Å². The quantitative estimate of drug-likeness (QED) is 0.445. The Bertz CT molecular complexity index is 1020. The van der Waals surface area contributed by atoms with Crippen molar-refractivity contribution >= 4 is 5.97 Å². The van der Waals surface area contributed by atoms with Crippen LogP contribution in [0.4, 0.5) is 0 Å². The molecule has 0 radical (unpaired) electrons. The Balaban J connectivity index is 1.30. The average molecular weight is 376 g/mol. The number of hydrogen-bond donors (Lipinski definition) is 0. The minimum absolute atomic E-state index is 0.126. The maximum absolute atomic E-state index is 12.2. The van der Waals surface area contributed by atoms with Crippen molar-refractivity contribution < 1.29 is 23.1 Å². The molecular formula is C21H16N2O5. The number of carbonyl (C=O) groups excluding carboxylic acids is 1. The van der Waals surface area contributed by atoms with E-state index < -0.39 is 5.97 Å². The predicted molar refractivity (Wildman–Crippen MR) is 98.3 cm³/mol. The lowest BCUT2D eigenvalue weighted by atomic mass is 10.2. The monoisotopic (exact) mass is 376 g/mol. The Morgan fingerprint density at radius 1 is 0.893 bits per heavy atom. The molecule has 0 amide bonds. The fourth-order valence-corrected chi connectivity index (χ4v) is 2.45. The highest BCUT2D eigenvalue weighted by atomic mass is 16.5. The van der Waals surface area contributed by atoms with E-state index in [9.17, 15) is 4.79 Å². The number of rotatable bonds is 7. The van der Waals surface area contributed by atoms with E-state index in [1.807, 2.05) is 30.3 Å². The number of nitrogens with zero attached hydrogens (tertiary/aromatic N) is 2. The van der Waals surface area contributed by atoms with Crippen LogP contribution in [-0.4, -0.2) is 16.2 Å². The van der Waals surface area contributed by atoms with Gasteiger partial charge in [-0.15, -0.1) is 10.2 Å². The normalized spacial score (nSPS) is 10.6. The zero-order chi connectivity index (χ0) is 19.2. The largest absolute Gasteiger partial charge is 0.489 e. The molecule has 0 fully saturated rings. The van der Waals surface area contributed by atoms with E-state index >= 15 is 0 Å². The van der Waals surface area contributed by atoms with E-state index in [0.717, 1.165) is 5.56 Å². The zero-order valence-electron chi connectivity index (χ0n) is 14.8. The van der Waals surface area contributed by atoms with Crippen molar-refractivity contribution in [3.8, 4) is 17.4 Å². The molecule has 2 heterocycles. The molecular weight excluding hydrogens is 360 g/mol. The lowest BCUT2D eigenvalue weighted by molar-refractivity contribution is 0.0438. The fourth-order valence-electron chi connectivity index (χ4n) is 2.45. The minimum atomic E-state index is -0.493. The van der Waals surface area contributed by atoms with Gasteiger partial charge >= 0.3 is 5.97 Å². The molecule has 4 rings (SSSR count). The van der Waals surface area contributed by atoms with Gasteiger partial charge in [-0.2, -0.15) is 0 Å². The van der Waals surface area contributed by atoms with Crippen LogP contribution < -0.4 is 4.74 Å². The summed E-state index contributed by atoms with van der Waals surface area (Å²) in [5.74, 6) is 1.04. The van der Waals surface area contributed by atoms with Crippen molar-refractivity contribution in [1.29, 1.82) is 0 Å². The topological polar surface area (TPSA) is 87.6 Å². The maximum atomic E-state index is 12.2. The standard InChI is InChI=1S/C21H16N2O5/c24-21(27-14-19-22-23-20(28-19)18-7-4-12-25-18)16-8-10-17(11-9-16)26-13-15-5-2-1-3-6-15/h1-12H,13-14H2. The van der Waals surface area contributed by atoms with Crippen LogP contribution in [0.1, 0.15) is 21.8 Å².